The maximum Gasteiger partial charge on any atom is 0.223 e. The minimum Gasteiger partial charge on any atom is -0.343 e. The van der Waals surface area contributed by atoms with E-state index in [1.54, 1.807) is 0 Å². The third-order valence-corrected chi connectivity index (χ3v) is 3.84. The van der Waals surface area contributed by atoms with E-state index in [4.69, 9.17) is 0 Å². The Morgan fingerprint density at radius 1 is 1.06 bits per heavy atom. The topological polar surface area (TPSA) is 32.3 Å². The Labute approximate surface area is 98.6 Å². The number of likely N-dealkylation sites (tertiary alicyclic amines) is 1. The normalized spacial score (nSPS) is 22.6. The van der Waals surface area contributed by atoms with Crippen molar-refractivity contribution in [2.75, 3.05) is 19.6 Å². The number of carbonyl (C=O) groups excluding carboxylic acids is 1. The predicted octanol–water partition coefficient (Wildman–Crippen LogP) is 1.92. The van der Waals surface area contributed by atoms with Crippen molar-refractivity contribution in [3.8, 4) is 0 Å². The fourth-order valence-electron chi connectivity index (χ4n) is 2.81. The van der Waals surface area contributed by atoms with Crippen molar-refractivity contribution in [2.45, 2.75) is 57.4 Å². The molecule has 1 aliphatic carbocycles. The molecule has 1 saturated heterocycles. The Bertz CT molecular complexity index is 218. The van der Waals surface area contributed by atoms with Gasteiger partial charge >= 0.3 is 0 Å². The van der Waals surface area contributed by atoms with Gasteiger partial charge in [0.25, 0.3) is 0 Å². The molecule has 92 valence electrons. The van der Waals surface area contributed by atoms with Crippen LogP contribution >= 0.6 is 0 Å². The van der Waals surface area contributed by atoms with E-state index < -0.39 is 0 Å². The molecule has 0 radical (unpaired) electrons. The molecule has 0 atom stereocenters. The van der Waals surface area contributed by atoms with Gasteiger partial charge in [0.1, 0.15) is 0 Å². The van der Waals surface area contributed by atoms with Gasteiger partial charge in [0.05, 0.1) is 0 Å². The fourth-order valence-corrected chi connectivity index (χ4v) is 2.81. The maximum absolute atomic E-state index is 11.9. The number of piperidine rings is 1. The monoisotopic (exact) mass is 224 g/mol. The van der Waals surface area contributed by atoms with Crippen LogP contribution in [0.4, 0.5) is 0 Å². The maximum atomic E-state index is 11.9. The van der Waals surface area contributed by atoms with Crippen LogP contribution in [0.3, 0.4) is 0 Å². The van der Waals surface area contributed by atoms with Crippen molar-refractivity contribution in [3.05, 3.63) is 0 Å². The first kappa shape index (κ1) is 11.9. The molecule has 0 aromatic heterocycles. The summed E-state index contributed by atoms with van der Waals surface area (Å²) < 4.78 is 0. The van der Waals surface area contributed by atoms with Crippen LogP contribution in [-0.4, -0.2) is 36.5 Å². The SMILES string of the molecule is O=C(CCNC1CCCC1)N1CCCCC1. The van der Waals surface area contributed by atoms with Crippen LogP contribution in [0.1, 0.15) is 51.4 Å². The summed E-state index contributed by atoms with van der Waals surface area (Å²) in [5, 5.41) is 3.50. The van der Waals surface area contributed by atoms with Gasteiger partial charge in [-0.25, -0.2) is 0 Å². The smallest absolute Gasteiger partial charge is 0.223 e. The molecule has 16 heavy (non-hydrogen) atoms. The largest absolute Gasteiger partial charge is 0.343 e. The first-order valence-electron chi connectivity index (χ1n) is 6.87. The van der Waals surface area contributed by atoms with Crippen LogP contribution in [0.15, 0.2) is 0 Å². The lowest BCUT2D eigenvalue weighted by atomic mass is 10.1. The number of nitrogens with one attached hydrogen (secondary N) is 1. The number of amides is 1. The van der Waals surface area contributed by atoms with E-state index in [9.17, 15) is 4.79 Å². The van der Waals surface area contributed by atoms with Gasteiger partial charge in [-0.05, 0) is 32.1 Å². The molecule has 3 heteroatoms. The Hall–Kier alpha value is -0.570. The molecule has 2 fully saturated rings. The van der Waals surface area contributed by atoms with Gasteiger partial charge in [0.15, 0.2) is 0 Å². The van der Waals surface area contributed by atoms with Crippen LogP contribution in [0.25, 0.3) is 0 Å². The Kier molecular flexibility index (Phi) is 4.64. The van der Waals surface area contributed by atoms with Crippen LogP contribution < -0.4 is 5.32 Å². The van der Waals surface area contributed by atoms with Gasteiger partial charge in [0, 0.05) is 32.1 Å². The molecule has 0 aromatic carbocycles. The third-order valence-electron chi connectivity index (χ3n) is 3.84. The Morgan fingerprint density at radius 3 is 2.44 bits per heavy atom. The zero-order chi connectivity index (χ0) is 11.2. The van der Waals surface area contributed by atoms with Crippen molar-refractivity contribution in [1.82, 2.24) is 10.2 Å². The van der Waals surface area contributed by atoms with Gasteiger partial charge < -0.3 is 10.2 Å². The molecule has 1 saturated carbocycles. The quantitative estimate of drug-likeness (QED) is 0.791. The van der Waals surface area contributed by atoms with Crippen LogP contribution in [-0.2, 0) is 4.79 Å². The second kappa shape index (κ2) is 6.24. The summed E-state index contributed by atoms with van der Waals surface area (Å²) in [6.45, 7) is 2.85. The van der Waals surface area contributed by atoms with E-state index in [1.807, 2.05) is 4.90 Å². The van der Waals surface area contributed by atoms with Gasteiger partial charge in [-0.1, -0.05) is 12.8 Å². The van der Waals surface area contributed by atoms with Crippen LogP contribution in [0.5, 0.6) is 0 Å². The van der Waals surface area contributed by atoms with Gasteiger partial charge in [0.2, 0.25) is 5.91 Å². The molecule has 2 rings (SSSR count). The van der Waals surface area contributed by atoms with E-state index in [0.717, 1.165) is 19.6 Å². The highest BCUT2D eigenvalue weighted by atomic mass is 16.2. The fraction of sp³-hybridized carbons (Fsp3) is 0.923. The number of carbonyl (C=O) groups is 1. The summed E-state index contributed by atoms with van der Waals surface area (Å²) in [5.74, 6) is 0.352. The van der Waals surface area contributed by atoms with Gasteiger partial charge in [-0.2, -0.15) is 0 Å². The second-order valence-electron chi connectivity index (χ2n) is 5.13. The molecule has 0 bridgehead atoms. The van der Waals surface area contributed by atoms with Crippen molar-refractivity contribution in [2.24, 2.45) is 0 Å². The third kappa shape index (κ3) is 3.48. The molecule has 1 N–H and O–H groups in total. The average molecular weight is 224 g/mol. The first-order chi connectivity index (χ1) is 7.86. The summed E-state index contributed by atoms with van der Waals surface area (Å²) >= 11 is 0. The molecule has 0 unspecified atom stereocenters. The molecule has 1 amide bonds. The minimum atomic E-state index is 0.352. The van der Waals surface area contributed by atoms with Gasteiger partial charge in [-0.15, -0.1) is 0 Å². The summed E-state index contributed by atoms with van der Waals surface area (Å²) in [7, 11) is 0. The molecular weight excluding hydrogens is 200 g/mol. The Balaban J connectivity index is 1.59. The van der Waals surface area contributed by atoms with Crippen LogP contribution in [0, 0.1) is 0 Å². The summed E-state index contributed by atoms with van der Waals surface area (Å²) in [6.07, 6.45) is 9.70. The lowest BCUT2D eigenvalue weighted by Crippen LogP contribution is -2.38. The summed E-state index contributed by atoms with van der Waals surface area (Å²) in [6, 6.07) is 0.689. The lowest BCUT2D eigenvalue weighted by molar-refractivity contribution is -0.132. The summed E-state index contributed by atoms with van der Waals surface area (Å²) in [5.41, 5.74) is 0. The molecule has 3 nitrogen and oxygen atoms in total. The standard InChI is InChI=1S/C13H24N2O/c16-13(15-10-4-1-5-11-15)8-9-14-12-6-2-3-7-12/h12,14H,1-11H2. The number of hydrogen-bond donors (Lipinski definition) is 1. The molecule has 2 aliphatic rings. The number of hydrogen-bond acceptors (Lipinski definition) is 2. The average Bonchev–Trinajstić information content (AvgIpc) is 2.83. The highest BCUT2D eigenvalue weighted by molar-refractivity contribution is 5.76. The van der Waals surface area contributed by atoms with Crippen molar-refractivity contribution >= 4 is 5.91 Å². The van der Waals surface area contributed by atoms with Crippen molar-refractivity contribution in [3.63, 3.8) is 0 Å². The number of nitrogens with zero attached hydrogens (tertiary/aromatic N) is 1. The van der Waals surface area contributed by atoms with E-state index in [2.05, 4.69) is 5.32 Å². The number of rotatable bonds is 4. The Morgan fingerprint density at radius 2 is 1.75 bits per heavy atom. The van der Waals surface area contributed by atoms with Crippen molar-refractivity contribution in [1.29, 1.82) is 0 Å². The van der Waals surface area contributed by atoms with E-state index in [-0.39, 0.29) is 0 Å². The zero-order valence-electron chi connectivity index (χ0n) is 10.2. The predicted molar refractivity (Wildman–Crippen MR) is 65.3 cm³/mol. The highest BCUT2D eigenvalue weighted by Gasteiger charge is 2.17. The minimum absolute atomic E-state index is 0.352. The molecular formula is C13H24N2O. The van der Waals surface area contributed by atoms with Crippen molar-refractivity contribution < 1.29 is 4.79 Å². The molecule has 1 aliphatic heterocycles. The molecule has 0 spiro atoms. The molecule has 0 aromatic rings. The second-order valence-corrected chi connectivity index (χ2v) is 5.13. The van der Waals surface area contributed by atoms with E-state index in [0.29, 0.717) is 18.4 Å². The summed E-state index contributed by atoms with van der Waals surface area (Å²) in [4.78, 5) is 13.9. The van der Waals surface area contributed by atoms with E-state index in [1.165, 1.54) is 44.9 Å². The van der Waals surface area contributed by atoms with E-state index >= 15 is 0 Å². The van der Waals surface area contributed by atoms with Crippen LogP contribution in [0.2, 0.25) is 0 Å². The first-order valence-corrected chi connectivity index (χ1v) is 6.87. The zero-order valence-corrected chi connectivity index (χ0v) is 10.2. The lowest BCUT2D eigenvalue weighted by Gasteiger charge is -2.27. The highest BCUT2D eigenvalue weighted by Crippen LogP contribution is 2.17. The molecule has 1 heterocycles. The van der Waals surface area contributed by atoms with Gasteiger partial charge in [-0.3, -0.25) is 4.79 Å².